The van der Waals surface area contributed by atoms with Gasteiger partial charge in [-0.3, -0.25) is 63.6 Å². The lowest BCUT2D eigenvalue weighted by molar-refractivity contribution is -0.384. The van der Waals surface area contributed by atoms with Gasteiger partial charge < -0.3 is 34.9 Å². The fourth-order valence-corrected chi connectivity index (χ4v) is 6.17. The van der Waals surface area contributed by atoms with Gasteiger partial charge in [-0.2, -0.15) is 0 Å². The average molecular weight is 683 g/mol. The van der Waals surface area contributed by atoms with Gasteiger partial charge in [-0.1, -0.05) is 12.1 Å². The van der Waals surface area contributed by atoms with Gasteiger partial charge in [0, 0.05) is 31.1 Å². The van der Waals surface area contributed by atoms with E-state index in [1.807, 2.05) is 0 Å². The highest BCUT2D eigenvalue weighted by atomic mass is 35.5. The van der Waals surface area contributed by atoms with Gasteiger partial charge in [-0.25, -0.2) is 0 Å². The number of carbonyl (C=O) groups excluding carboxylic acids is 9. The largest absolute Gasteiger partial charge is 1.00 e. The Bertz CT molecular complexity index is 1830. The molecule has 17 nitrogen and oxygen atoms in total. The molecular weight excluding hydrogens is 652 g/mol. The Morgan fingerprint density at radius 2 is 1.17 bits per heavy atom. The molecule has 2 atom stereocenters. The molecule has 4 heterocycles. The highest BCUT2D eigenvalue weighted by Gasteiger charge is 2.57. The maximum absolute atomic E-state index is 12.9. The molecule has 18 heteroatoms. The molecule has 0 radical (unpaired) electrons. The normalized spacial score (nSPS) is 23.0. The van der Waals surface area contributed by atoms with Crippen LogP contribution in [-0.4, -0.2) is 87.1 Å². The third kappa shape index (κ3) is 5.41. The quantitative estimate of drug-likeness (QED) is 0.128. The second-order valence-corrected chi connectivity index (χ2v) is 11.4. The third-order valence-electron chi connectivity index (χ3n) is 8.68. The number of quaternary nitrogens is 1. The van der Waals surface area contributed by atoms with E-state index in [9.17, 15) is 43.2 Å². The highest BCUT2D eigenvalue weighted by molar-refractivity contribution is 6.27. The number of halogens is 1. The van der Waals surface area contributed by atoms with Crippen molar-refractivity contribution in [2.75, 3.05) is 24.6 Å². The van der Waals surface area contributed by atoms with Crippen LogP contribution >= 0.6 is 0 Å². The first-order valence-corrected chi connectivity index (χ1v) is 14.5. The average Bonchev–Trinajstić information content (AvgIpc) is 3.44. The number of nitrogens with zero attached hydrogens (tertiary/aromatic N) is 2. The van der Waals surface area contributed by atoms with Crippen molar-refractivity contribution in [3.63, 3.8) is 0 Å². The zero-order valence-electron chi connectivity index (χ0n) is 25.5. The number of carbonyl (C=O) groups is 9. The minimum atomic E-state index is -1.68. The summed E-state index contributed by atoms with van der Waals surface area (Å²) >= 11 is 0. The summed E-state index contributed by atoms with van der Waals surface area (Å²) in [5.74, 6) is -5.43. The molecule has 0 spiro atoms. The van der Waals surface area contributed by atoms with Gasteiger partial charge in [0.1, 0.15) is 12.1 Å². The SMILES string of the molecule is CC(=O)NCC1(N2C(=O)c3cccc(N)c3C2=O)CCC(=O)NC1=O.Nc1cccc2c1C(=O)N(C1(C[NH3+])CCC(=O)NC1=O)C2=O.[Cl-]. The Morgan fingerprint density at radius 3 is 1.54 bits per heavy atom. The maximum atomic E-state index is 12.9. The van der Waals surface area contributed by atoms with E-state index in [2.05, 4.69) is 21.7 Å². The van der Waals surface area contributed by atoms with Crippen LogP contribution in [0.2, 0.25) is 0 Å². The Kier molecular flexibility index (Phi) is 9.41. The van der Waals surface area contributed by atoms with Gasteiger partial charge in [0.2, 0.25) is 17.7 Å². The molecule has 2 saturated heterocycles. The van der Waals surface area contributed by atoms with E-state index in [0.29, 0.717) is 0 Å². The summed E-state index contributed by atoms with van der Waals surface area (Å²) in [6.07, 6.45) is -0.0335. The van der Waals surface area contributed by atoms with Gasteiger partial charge in [0.05, 0.1) is 28.8 Å². The molecule has 0 aromatic heterocycles. The number of fused-ring (bicyclic) bond motifs is 2. The number of benzene rings is 2. The van der Waals surface area contributed by atoms with E-state index in [1.165, 1.54) is 37.3 Å². The zero-order chi connectivity index (χ0) is 34.4. The van der Waals surface area contributed by atoms with Crippen molar-refractivity contribution in [3.8, 4) is 0 Å². The van der Waals surface area contributed by atoms with Crippen LogP contribution in [0.25, 0.3) is 0 Å². The number of amides is 9. The van der Waals surface area contributed by atoms with Crippen LogP contribution in [0.5, 0.6) is 0 Å². The Labute approximate surface area is 278 Å². The van der Waals surface area contributed by atoms with Gasteiger partial charge in [-0.05, 0) is 37.1 Å². The molecule has 0 bridgehead atoms. The van der Waals surface area contributed by atoms with Crippen LogP contribution < -0.4 is 45.6 Å². The second-order valence-electron chi connectivity index (χ2n) is 11.4. The molecule has 252 valence electrons. The molecule has 2 fully saturated rings. The van der Waals surface area contributed by atoms with Gasteiger partial charge in [0.15, 0.2) is 5.54 Å². The number of hydrogen-bond acceptors (Lipinski definition) is 11. The lowest BCUT2D eigenvalue weighted by Gasteiger charge is -2.41. The summed E-state index contributed by atoms with van der Waals surface area (Å²) in [7, 11) is 0. The van der Waals surface area contributed by atoms with Crippen LogP contribution in [0.1, 0.15) is 74.0 Å². The zero-order valence-corrected chi connectivity index (χ0v) is 26.3. The molecule has 10 N–H and O–H groups in total. The van der Waals surface area contributed by atoms with Gasteiger partial charge >= 0.3 is 0 Å². The van der Waals surface area contributed by atoms with Crippen LogP contribution in [0.3, 0.4) is 0 Å². The van der Waals surface area contributed by atoms with Crippen molar-refractivity contribution in [2.24, 2.45) is 0 Å². The molecule has 2 aromatic rings. The van der Waals surface area contributed by atoms with E-state index in [4.69, 9.17) is 11.5 Å². The molecule has 4 aliphatic heterocycles. The topological polar surface area (TPSA) is 276 Å². The minimum absolute atomic E-state index is 0. The van der Waals surface area contributed by atoms with Crippen molar-refractivity contribution in [1.29, 1.82) is 0 Å². The first-order chi connectivity index (χ1) is 22.2. The lowest BCUT2D eigenvalue weighted by atomic mass is 9.86. The number of anilines is 2. The van der Waals surface area contributed by atoms with E-state index in [1.54, 1.807) is 6.07 Å². The molecule has 2 aromatic carbocycles. The number of piperidine rings is 2. The highest BCUT2D eigenvalue weighted by Crippen LogP contribution is 2.37. The Hall–Kier alpha value is -5.68. The number of nitrogen functional groups attached to an aromatic ring is 2. The maximum Gasteiger partial charge on any atom is 0.264 e. The number of imide groups is 4. The number of nitrogens with two attached hydrogens (primary N) is 2. The Balaban J connectivity index is 0.000000214. The lowest BCUT2D eigenvalue weighted by Crippen LogP contribution is -3.00. The van der Waals surface area contributed by atoms with Crippen molar-refractivity contribution in [1.82, 2.24) is 25.8 Å². The third-order valence-corrected chi connectivity index (χ3v) is 8.68. The second kappa shape index (κ2) is 12.8. The van der Waals surface area contributed by atoms with Crippen LogP contribution in [0, 0.1) is 0 Å². The van der Waals surface area contributed by atoms with Crippen LogP contribution in [-0.2, 0) is 24.0 Å². The molecule has 6 rings (SSSR count). The monoisotopic (exact) mass is 682 g/mol. The van der Waals surface area contributed by atoms with E-state index in [-0.39, 0.29) is 84.8 Å². The summed E-state index contributed by atoms with van der Waals surface area (Å²) in [5.41, 5.74) is 12.9. The van der Waals surface area contributed by atoms with Gasteiger partial charge in [0.25, 0.3) is 35.4 Å². The van der Waals surface area contributed by atoms with Crippen molar-refractivity contribution < 1.29 is 61.3 Å². The minimum Gasteiger partial charge on any atom is -1.00 e. The van der Waals surface area contributed by atoms with E-state index >= 15 is 0 Å². The summed E-state index contributed by atoms with van der Waals surface area (Å²) in [5, 5.41) is 6.80. The predicted molar refractivity (Wildman–Crippen MR) is 159 cm³/mol. The smallest absolute Gasteiger partial charge is 0.264 e. The molecule has 0 saturated carbocycles. The molecule has 4 aliphatic rings. The summed E-state index contributed by atoms with van der Waals surface area (Å²) in [6, 6.07) is 9.06. The molecular formula is C30H31ClN8O9. The van der Waals surface area contributed by atoms with E-state index < -0.39 is 64.2 Å². The fraction of sp³-hybridized carbons (Fsp3) is 0.300. The predicted octanol–water partition coefficient (Wildman–Crippen LogP) is -5.54. The molecule has 2 unspecified atom stereocenters. The number of hydrogen-bond donors (Lipinski definition) is 6. The summed E-state index contributed by atoms with van der Waals surface area (Å²) < 4.78 is 0. The summed E-state index contributed by atoms with van der Waals surface area (Å²) in [4.78, 5) is 112. The van der Waals surface area contributed by atoms with Crippen LogP contribution in [0.15, 0.2) is 36.4 Å². The van der Waals surface area contributed by atoms with Crippen LogP contribution in [0.4, 0.5) is 11.4 Å². The first kappa shape index (κ1) is 35.2. The summed E-state index contributed by atoms with van der Waals surface area (Å²) in [6.45, 7) is 0.949. The number of rotatable bonds is 5. The molecule has 9 amide bonds. The first-order valence-electron chi connectivity index (χ1n) is 14.5. The van der Waals surface area contributed by atoms with Crippen molar-refractivity contribution in [3.05, 3.63) is 58.7 Å². The fourth-order valence-electron chi connectivity index (χ4n) is 6.17. The van der Waals surface area contributed by atoms with Gasteiger partial charge in [-0.15, -0.1) is 0 Å². The van der Waals surface area contributed by atoms with Crippen molar-refractivity contribution >= 4 is 64.5 Å². The Morgan fingerprint density at radius 1 is 0.750 bits per heavy atom. The standard InChI is InChI=1S/C16H16N4O5.C14H14N4O4.ClH/c1-8(21)18-7-16(6-5-11(22)19-15(16)25)20-13(23)9-3-2-4-10(17)12(9)14(20)24;15-6-14(5-4-9(19)17-13(14)22)18-11(20)7-2-1-3-8(16)10(7)12(18)21;/h2-4H,5-7,17H2,1H3,(H,18,21)(H,19,22,25);1-3H,4-6,15-16H2,(H,17,19,22);1H. The number of nitrogens with one attached hydrogen (secondary N) is 3. The van der Waals surface area contributed by atoms with E-state index in [0.717, 1.165) is 9.80 Å². The van der Waals surface area contributed by atoms with Crippen molar-refractivity contribution in [2.45, 2.75) is 43.7 Å². The molecule has 0 aliphatic carbocycles. The molecule has 48 heavy (non-hydrogen) atoms.